The lowest BCUT2D eigenvalue weighted by atomic mass is 10.2. The molecule has 0 aliphatic rings. The standard InChI is InChI=1S/C17H13FN4O2/c18-12-5-7-13(8-6-12)21-16(23)17(24)22-20-10-11-9-19-15-4-2-1-3-14(11)15/h1-10,19H,(H,21,23)(H,22,24). The highest BCUT2D eigenvalue weighted by atomic mass is 19.1. The third-order valence-electron chi connectivity index (χ3n) is 3.30. The maximum atomic E-state index is 12.8. The van der Waals surface area contributed by atoms with Crippen LogP contribution in [0.3, 0.4) is 0 Å². The molecule has 6 nitrogen and oxygen atoms in total. The fourth-order valence-corrected chi connectivity index (χ4v) is 2.13. The van der Waals surface area contributed by atoms with Crippen LogP contribution in [0, 0.1) is 5.82 Å². The van der Waals surface area contributed by atoms with Crippen LogP contribution in [0.15, 0.2) is 59.8 Å². The predicted molar refractivity (Wildman–Crippen MR) is 89.1 cm³/mol. The molecule has 2 amide bonds. The Morgan fingerprint density at radius 1 is 1.04 bits per heavy atom. The Morgan fingerprint density at radius 3 is 2.58 bits per heavy atom. The van der Waals surface area contributed by atoms with Crippen LogP contribution in [-0.4, -0.2) is 23.0 Å². The number of para-hydroxylation sites is 1. The van der Waals surface area contributed by atoms with Gasteiger partial charge in [-0.15, -0.1) is 0 Å². The number of hydrazone groups is 1. The number of carbonyl (C=O) groups excluding carboxylic acids is 2. The van der Waals surface area contributed by atoms with Crippen molar-refractivity contribution in [2.75, 3.05) is 5.32 Å². The molecule has 0 radical (unpaired) electrons. The molecule has 0 bridgehead atoms. The van der Waals surface area contributed by atoms with Crippen LogP contribution in [0.1, 0.15) is 5.56 Å². The van der Waals surface area contributed by atoms with E-state index in [-0.39, 0.29) is 0 Å². The molecule has 3 N–H and O–H groups in total. The van der Waals surface area contributed by atoms with E-state index in [4.69, 9.17) is 0 Å². The number of amides is 2. The molecule has 0 unspecified atom stereocenters. The first-order chi connectivity index (χ1) is 11.6. The van der Waals surface area contributed by atoms with E-state index in [2.05, 4.69) is 20.8 Å². The van der Waals surface area contributed by atoms with Gasteiger partial charge in [0.05, 0.1) is 6.21 Å². The van der Waals surface area contributed by atoms with Crippen molar-refractivity contribution in [2.24, 2.45) is 5.10 Å². The molecule has 24 heavy (non-hydrogen) atoms. The highest BCUT2D eigenvalue weighted by Gasteiger charge is 2.12. The first-order valence-electron chi connectivity index (χ1n) is 7.09. The summed E-state index contributed by atoms with van der Waals surface area (Å²) in [7, 11) is 0. The fraction of sp³-hybridized carbons (Fsp3) is 0. The molecule has 1 heterocycles. The second-order valence-corrected chi connectivity index (χ2v) is 4.95. The van der Waals surface area contributed by atoms with Crippen LogP contribution in [0.2, 0.25) is 0 Å². The van der Waals surface area contributed by atoms with Crippen LogP contribution < -0.4 is 10.7 Å². The summed E-state index contributed by atoms with van der Waals surface area (Å²) in [4.78, 5) is 26.5. The second-order valence-electron chi connectivity index (χ2n) is 4.95. The SMILES string of the molecule is O=C(NN=Cc1c[nH]c2ccccc12)C(=O)Nc1ccc(F)cc1. The molecule has 0 fully saturated rings. The van der Waals surface area contributed by atoms with Crippen LogP contribution in [0.5, 0.6) is 0 Å². The Labute approximate surface area is 136 Å². The molecule has 3 aromatic rings. The van der Waals surface area contributed by atoms with Crippen molar-refractivity contribution in [1.29, 1.82) is 0 Å². The maximum absolute atomic E-state index is 12.8. The fourth-order valence-electron chi connectivity index (χ4n) is 2.13. The van der Waals surface area contributed by atoms with Crippen molar-refractivity contribution in [3.63, 3.8) is 0 Å². The van der Waals surface area contributed by atoms with Crippen molar-refractivity contribution in [2.45, 2.75) is 0 Å². The van der Waals surface area contributed by atoms with Gasteiger partial charge in [0.1, 0.15) is 5.82 Å². The lowest BCUT2D eigenvalue weighted by Gasteiger charge is -2.03. The van der Waals surface area contributed by atoms with Crippen molar-refractivity contribution >= 4 is 34.6 Å². The zero-order valence-electron chi connectivity index (χ0n) is 12.4. The number of carbonyl (C=O) groups is 2. The van der Waals surface area contributed by atoms with E-state index in [1.54, 1.807) is 6.20 Å². The number of aromatic amines is 1. The smallest absolute Gasteiger partial charge is 0.329 e. The number of hydrogen-bond acceptors (Lipinski definition) is 3. The average molecular weight is 324 g/mol. The maximum Gasteiger partial charge on any atom is 0.329 e. The zero-order valence-corrected chi connectivity index (χ0v) is 12.4. The number of anilines is 1. The molecule has 0 aliphatic carbocycles. The van der Waals surface area contributed by atoms with Gasteiger partial charge in [-0.3, -0.25) is 9.59 Å². The Bertz CT molecular complexity index is 916. The van der Waals surface area contributed by atoms with Crippen LogP contribution >= 0.6 is 0 Å². The normalized spacial score (nSPS) is 10.9. The number of hydrogen-bond donors (Lipinski definition) is 3. The second kappa shape index (κ2) is 6.74. The average Bonchev–Trinajstić information content (AvgIpc) is 3.00. The summed E-state index contributed by atoms with van der Waals surface area (Å²) >= 11 is 0. The van der Waals surface area contributed by atoms with Gasteiger partial charge in [-0.05, 0) is 30.3 Å². The zero-order chi connectivity index (χ0) is 16.9. The third kappa shape index (κ3) is 3.46. The van der Waals surface area contributed by atoms with E-state index < -0.39 is 17.6 Å². The van der Waals surface area contributed by atoms with Gasteiger partial charge < -0.3 is 10.3 Å². The molecule has 0 atom stereocenters. The summed E-state index contributed by atoms with van der Waals surface area (Å²) in [5.74, 6) is -2.24. The van der Waals surface area contributed by atoms with Crippen molar-refractivity contribution in [1.82, 2.24) is 10.4 Å². The molecular weight excluding hydrogens is 311 g/mol. The van der Waals surface area contributed by atoms with E-state index in [1.165, 1.54) is 30.5 Å². The van der Waals surface area contributed by atoms with Crippen molar-refractivity contribution in [3.8, 4) is 0 Å². The molecule has 0 spiro atoms. The van der Waals surface area contributed by atoms with Crippen molar-refractivity contribution < 1.29 is 14.0 Å². The van der Waals surface area contributed by atoms with Crippen molar-refractivity contribution in [3.05, 3.63) is 66.1 Å². The number of rotatable bonds is 3. The van der Waals surface area contributed by atoms with Gasteiger partial charge in [0.2, 0.25) is 0 Å². The first-order valence-corrected chi connectivity index (χ1v) is 7.09. The molecule has 0 aliphatic heterocycles. The van der Waals surface area contributed by atoms with E-state index in [0.29, 0.717) is 5.69 Å². The third-order valence-corrected chi connectivity index (χ3v) is 3.30. The first kappa shape index (κ1) is 15.4. The Kier molecular flexibility index (Phi) is 4.33. The molecule has 1 aromatic heterocycles. The lowest BCUT2D eigenvalue weighted by Crippen LogP contribution is -2.32. The molecular formula is C17H13FN4O2. The number of fused-ring (bicyclic) bond motifs is 1. The summed E-state index contributed by atoms with van der Waals surface area (Å²) in [6.07, 6.45) is 3.20. The van der Waals surface area contributed by atoms with E-state index in [1.807, 2.05) is 24.3 Å². The summed E-state index contributed by atoms with van der Waals surface area (Å²) in [5.41, 5.74) is 4.19. The topological polar surface area (TPSA) is 86.3 Å². The van der Waals surface area contributed by atoms with Crippen LogP contribution in [0.4, 0.5) is 10.1 Å². The van der Waals surface area contributed by atoms with Gasteiger partial charge in [-0.1, -0.05) is 18.2 Å². The van der Waals surface area contributed by atoms with Gasteiger partial charge in [-0.25, -0.2) is 9.82 Å². The molecule has 120 valence electrons. The van der Waals surface area contributed by atoms with Gasteiger partial charge in [-0.2, -0.15) is 5.10 Å². The highest BCUT2D eigenvalue weighted by molar-refractivity contribution is 6.39. The number of halogens is 1. The number of nitrogens with zero attached hydrogens (tertiary/aromatic N) is 1. The summed E-state index contributed by atoms with van der Waals surface area (Å²) < 4.78 is 12.8. The molecule has 7 heteroatoms. The monoisotopic (exact) mass is 324 g/mol. The van der Waals surface area contributed by atoms with E-state index in [9.17, 15) is 14.0 Å². The Morgan fingerprint density at radius 2 is 1.79 bits per heavy atom. The number of aromatic nitrogens is 1. The summed E-state index contributed by atoms with van der Waals surface area (Å²) in [5, 5.41) is 7.07. The Balaban J connectivity index is 1.60. The molecule has 3 rings (SSSR count). The number of nitrogens with one attached hydrogen (secondary N) is 3. The minimum atomic E-state index is -0.921. The number of benzene rings is 2. The van der Waals surface area contributed by atoms with Gasteiger partial charge in [0.25, 0.3) is 0 Å². The highest BCUT2D eigenvalue weighted by Crippen LogP contribution is 2.15. The summed E-state index contributed by atoms with van der Waals surface area (Å²) in [6, 6.07) is 12.7. The molecule has 2 aromatic carbocycles. The predicted octanol–water partition coefficient (Wildman–Crippen LogP) is 2.40. The lowest BCUT2D eigenvalue weighted by molar-refractivity contribution is -0.136. The largest absolute Gasteiger partial charge is 0.361 e. The molecule has 0 saturated carbocycles. The van der Waals surface area contributed by atoms with Crippen LogP contribution in [-0.2, 0) is 9.59 Å². The number of H-pyrrole nitrogens is 1. The quantitative estimate of drug-likeness (QED) is 0.392. The molecule has 0 saturated heterocycles. The van der Waals surface area contributed by atoms with Crippen LogP contribution in [0.25, 0.3) is 10.9 Å². The minimum absolute atomic E-state index is 0.317. The Hall–Kier alpha value is -3.48. The van der Waals surface area contributed by atoms with Gasteiger partial charge in [0, 0.05) is 28.4 Å². The minimum Gasteiger partial charge on any atom is -0.361 e. The van der Waals surface area contributed by atoms with E-state index >= 15 is 0 Å². The summed E-state index contributed by atoms with van der Waals surface area (Å²) in [6.45, 7) is 0. The van der Waals surface area contributed by atoms with Gasteiger partial charge >= 0.3 is 11.8 Å². The van der Waals surface area contributed by atoms with E-state index in [0.717, 1.165) is 16.5 Å². The van der Waals surface area contributed by atoms with Gasteiger partial charge in [0.15, 0.2) is 0 Å².